The van der Waals surface area contributed by atoms with Crippen LogP contribution in [0.5, 0.6) is 11.5 Å². The molecule has 0 fully saturated rings. The Morgan fingerprint density at radius 1 is 1.00 bits per heavy atom. The average Bonchev–Trinajstić information content (AvgIpc) is 3.59. The van der Waals surface area contributed by atoms with Crippen molar-refractivity contribution in [2.24, 2.45) is 5.10 Å². The van der Waals surface area contributed by atoms with Gasteiger partial charge >= 0.3 is 5.97 Å². The van der Waals surface area contributed by atoms with Gasteiger partial charge in [-0.15, -0.1) is 0 Å². The zero-order valence-electron chi connectivity index (χ0n) is 21.1. The van der Waals surface area contributed by atoms with Crippen LogP contribution < -0.4 is 9.47 Å². The van der Waals surface area contributed by atoms with Crippen LogP contribution in [-0.4, -0.2) is 39.5 Å². The van der Waals surface area contributed by atoms with Gasteiger partial charge in [-0.1, -0.05) is 48.0 Å². The van der Waals surface area contributed by atoms with Crippen LogP contribution in [0.3, 0.4) is 0 Å². The SMILES string of the molecule is Cc1nc2ccc(Cl)cc2c(-c2ccccc2)c1C1=NN(C(=O)CCC(=O)O)[C@H](c2ccc3c(c2)OCO3)C1. The van der Waals surface area contributed by atoms with Gasteiger partial charge in [0.05, 0.1) is 23.7 Å². The monoisotopic (exact) mass is 541 g/mol. The molecule has 0 spiro atoms. The number of carbonyl (C=O) groups is 2. The second-order valence-electron chi connectivity index (χ2n) is 9.49. The summed E-state index contributed by atoms with van der Waals surface area (Å²) in [6, 6.07) is 20.7. The molecule has 0 bridgehead atoms. The molecule has 3 heterocycles. The number of hydrogen-bond acceptors (Lipinski definition) is 6. The Kier molecular flexibility index (Phi) is 6.40. The number of nitrogens with zero attached hydrogens (tertiary/aromatic N) is 3. The third kappa shape index (κ3) is 4.68. The van der Waals surface area contributed by atoms with Crippen molar-refractivity contribution >= 4 is 40.1 Å². The lowest BCUT2D eigenvalue weighted by Crippen LogP contribution is -2.27. The van der Waals surface area contributed by atoms with Crippen molar-refractivity contribution in [1.29, 1.82) is 0 Å². The number of carboxylic acids is 1. The van der Waals surface area contributed by atoms with E-state index in [9.17, 15) is 14.7 Å². The predicted molar refractivity (Wildman–Crippen MR) is 147 cm³/mol. The van der Waals surface area contributed by atoms with E-state index in [2.05, 4.69) is 0 Å². The second-order valence-corrected chi connectivity index (χ2v) is 9.92. The largest absolute Gasteiger partial charge is 0.481 e. The van der Waals surface area contributed by atoms with Crippen LogP contribution in [0, 0.1) is 6.92 Å². The number of halogens is 1. The number of pyridine rings is 1. The Morgan fingerprint density at radius 3 is 2.59 bits per heavy atom. The van der Waals surface area contributed by atoms with E-state index in [1.807, 2.05) is 73.7 Å². The molecule has 0 saturated heterocycles. The molecule has 0 aliphatic carbocycles. The lowest BCUT2D eigenvalue weighted by Gasteiger charge is -2.22. The number of fused-ring (bicyclic) bond motifs is 2. The van der Waals surface area contributed by atoms with Gasteiger partial charge in [0.25, 0.3) is 0 Å². The second kappa shape index (κ2) is 10.0. The van der Waals surface area contributed by atoms with Crippen LogP contribution in [-0.2, 0) is 9.59 Å². The minimum absolute atomic E-state index is 0.136. The van der Waals surface area contributed by atoms with Crippen molar-refractivity contribution in [3.63, 3.8) is 0 Å². The first-order chi connectivity index (χ1) is 18.9. The Balaban J connectivity index is 1.51. The molecule has 1 amide bonds. The molecule has 6 rings (SSSR count). The number of carboxylic acid groups (broad SMARTS) is 1. The maximum Gasteiger partial charge on any atom is 0.303 e. The first-order valence-electron chi connectivity index (χ1n) is 12.6. The van der Waals surface area contributed by atoms with Crippen LogP contribution in [0.25, 0.3) is 22.0 Å². The van der Waals surface area contributed by atoms with Crippen molar-refractivity contribution in [2.75, 3.05) is 6.79 Å². The van der Waals surface area contributed by atoms with Crippen molar-refractivity contribution in [3.05, 3.63) is 88.6 Å². The number of benzene rings is 3. The summed E-state index contributed by atoms with van der Waals surface area (Å²) in [5.74, 6) is -0.170. The van der Waals surface area contributed by atoms with E-state index in [0.717, 1.165) is 38.9 Å². The molecule has 2 aliphatic heterocycles. The molecule has 1 atom stereocenters. The van der Waals surface area contributed by atoms with Crippen LogP contribution >= 0.6 is 11.6 Å². The molecule has 1 aromatic heterocycles. The van der Waals surface area contributed by atoms with Crippen LogP contribution in [0.4, 0.5) is 0 Å². The normalized spacial score (nSPS) is 16.0. The molecule has 8 nitrogen and oxygen atoms in total. The molecule has 1 N–H and O–H groups in total. The minimum Gasteiger partial charge on any atom is -0.481 e. The lowest BCUT2D eigenvalue weighted by molar-refractivity contribution is -0.141. The number of aryl methyl sites for hydroxylation is 1. The van der Waals surface area contributed by atoms with Gasteiger partial charge in [-0.25, -0.2) is 5.01 Å². The fourth-order valence-corrected chi connectivity index (χ4v) is 5.39. The number of hydrogen-bond donors (Lipinski definition) is 1. The molecule has 3 aromatic carbocycles. The smallest absolute Gasteiger partial charge is 0.303 e. The van der Waals surface area contributed by atoms with Crippen molar-refractivity contribution in [1.82, 2.24) is 9.99 Å². The van der Waals surface area contributed by atoms with E-state index in [1.54, 1.807) is 0 Å². The highest BCUT2D eigenvalue weighted by molar-refractivity contribution is 6.31. The Hall–Kier alpha value is -4.43. The van der Waals surface area contributed by atoms with Gasteiger partial charge in [0.2, 0.25) is 12.7 Å². The molecule has 0 unspecified atom stereocenters. The van der Waals surface area contributed by atoms with E-state index in [1.165, 1.54) is 5.01 Å². The van der Waals surface area contributed by atoms with Crippen LogP contribution in [0.2, 0.25) is 5.02 Å². The molecule has 0 saturated carbocycles. The molecule has 39 heavy (non-hydrogen) atoms. The van der Waals surface area contributed by atoms with Crippen LogP contribution in [0.1, 0.15) is 42.1 Å². The molecular formula is C30H24ClN3O5. The molecule has 0 radical (unpaired) electrons. The molecular weight excluding hydrogens is 518 g/mol. The maximum atomic E-state index is 13.3. The summed E-state index contributed by atoms with van der Waals surface area (Å²) in [7, 11) is 0. The highest BCUT2D eigenvalue weighted by atomic mass is 35.5. The number of aromatic nitrogens is 1. The summed E-state index contributed by atoms with van der Waals surface area (Å²) >= 11 is 6.42. The Bertz CT molecular complexity index is 1650. The van der Waals surface area contributed by atoms with Gasteiger partial charge in [-0.2, -0.15) is 5.10 Å². The van der Waals surface area contributed by atoms with Crippen molar-refractivity contribution in [3.8, 4) is 22.6 Å². The number of rotatable bonds is 6. The fraction of sp³-hybridized carbons (Fsp3) is 0.200. The van der Waals surface area contributed by atoms with Gasteiger partial charge in [-0.3, -0.25) is 14.6 Å². The fourth-order valence-electron chi connectivity index (χ4n) is 5.22. The number of aliphatic carboxylic acids is 1. The van der Waals surface area contributed by atoms with E-state index >= 15 is 0 Å². The quantitative estimate of drug-likeness (QED) is 0.315. The Morgan fingerprint density at radius 2 is 1.79 bits per heavy atom. The van der Waals surface area contributed by atoms with Gasteiger partial charge < -0.3 is 14.6 Å². The summed E-state index contributed by atoms with van der Waals surface area (Å²) in [6.07, 6.45) is -0.0332. The number of ether oxygens (including phenoxy) is 2. The third-order valence-electron chi connectivity index (χ3n) is 6.98. The summed E-state index contributed by atoms with van der Waals surface area (Å²) in [5, 5.41) is 16.9. The Labute approximate surface area is 229 Å². The topological polar surface area (TPSA) is 101 Å². The number of carbonyl (C=O) groups excluding carboxylic acids is 1. The molecule has 9 heteroatoms. The lowest BCUT2D eigenvalue weighted by atomic mass is 9.89. The minimum atomic E-state index is -1.04. The standard InChI is InChI=1S/C30H24ClN3O5/c1-17-29(30(18-5-3-2-4-6-18)21-14-20(31)8-9-22(21)32-17)23-15-24(34(33-23)27(35)11-12-28(36)37)19-7-10-25-26(13-19)39-16-38-25/h2-10,13-14,24H,11-12,15-16H2,1H3,(H,36,37)/t24-/m0/s1. The van der Waals surface area contributed by atoms with Gasteiger partial charge in [0.15, 0.2) is 11.5 Å². The zero-order valence-corrected chi connectivity index (χ0v) is 21.8. The molecule has 2 aliphatic rings. The summed E-state index contributed by atoms with van der Waals surface area (Å²) in [6.45, 7) is 2.07. The van der Waals surface area contributed by atoms with Crippen molar-refractivity contribution < 1.29 is 24.2 Å². The van der Waals surface area contributed by atoms with E-state index in [-0.39, 0.29) is 25.5 Å². The maximum absolute atomic E-state index is 13.3. The summed E-state index contributed by atoms with van der Waals surface area (Å²) in [5.41, 5.74) is 5.82. The average molecular weight is 542 g/mol. The van der Waals surface area contributed by atoms with E-state index < -0.39 is 12.0 Å². The summed E-state index contributed by atoms with van der Waals surface area (Å²) < 4.78 is 11.0. The van der Waals surface area contributed by atoms with Gasteiger partial charge in [0, 0.05) is 40.1 Å². The van der Waals surface area contributed by atoms with E-state index in [4.69, 9.17) is 31.2 Å². The molecule has 196 valence electrons. The number of hydrazone groups is 1. The predicted octanol–water partition coefficient (Wildman–Crippen LogP) is 6.13. The number of amides is 1. The van der Waals surface area contributed by atoms with Crippen molar-refractivity contribution in [2.45, 2.75) is 32.2 Å². The van der Waals surface area contributed by atoms with Gasteiger partial charge in [0.1, 0.15) is 0 Å². The third-order valence-corrected chi connectivity index (χ3v) is 7.21. The van der Waals surface area contributed by atoms with Gasteiger partial charge in [-0.05, 0) is 48.4 Å². The summed E-state index contributed by atoms with van der Waals surface area (Å²) in [4.78, 5) is 29.4. The van der Waals surface area contributed by atoms with Crippen LogP contribution in [0.15, 0.2) is 71.8 Å². The highest BCUT2D eigenvalue weighted by Crippen LogP contribution is 2.42. The first kappa shape index (κ1) is 24.9. The first-order valence-corrected chi connectivity index (χ1v) is 12.9. The molecule has 4 aromatic rings. The highest BCUT2D eigenvalue weighted by Gasteiger charge is 2.36. The van der Waals surface area contributed by atoms with E-state index in [0.29, 0.717) is 28.7 Å². The zero-order chi connectivity index (χ0) is 27.1.